The summed E-state index contributed by atoms with van der Waals surface area (Å²) in [6.07, 6.45) is 0. The van der Waals surface area contributed by atoms with Crippen molar-refractivity contribution in [2.45, 2.75) is 10.1 Å². The number of aromatic nitrogens is 1. The third-order valence-electron chi connectivity index (χ3n) is 2.84. The van der Waals surface area contributed by atoms with E-state index < -0.39 is 17.5 Å². The fourth-order valence-electron chi connectivity index (χ4n) is 1.87. The van der Waals surface area contributed by atoms with Crippen LogP contribution >= 0.6 is 11.8 Å². The van der Waals surface area contributed by atoms with Gasteiger partial charge in [0.1, 0.15) is 11.3 Å². The van der Waals surface area contributed by atoms with Gasteiger partial charge in [0, 0.05) is 4.90 Å². The van der Waals surface area contributed by atoms with Gasteiger partial charge in [0.2, 0.25) is 0 Å². The van der Waals surface area contributed by atoms with Crippen LogP contribution in [-0.2, 0) is 0 Å². The molecule has 3 aromatic rings. The highest BCUT2D eigenvalue weighted by molar-refractivity contribution is 7.99. The Bertz CT molecular complexity index is 814. The van der Waals surface area contributed by atoms with Crippen molar-refractivity contribution in [3.8, 4) is 0 Å². The van der Waals surface area contributed by atoms with Crippen LogP contribution in [0.2, 0.25) is 0 Å². The molecule has 1 heterocycles. The van der Waals surface area contributed by atoms with Crippen LogP contribution in [0, 0.1) is 5.82 Å². The van der Waals surface area contributed by atoms with Crippen LogP contribution in [-0.4, -0.2) is 16.1 Å². The van der Waals surface area contributed by atoms with Gasteiger partial charge in [-0.3, -0.25) is 0 Å². The minimum Gasteiger partial charge on any atom is -0.478 e. The Balaban J connectivity index is 2.05. The van der Waals surface area contributed by atoms with Crippen molar-refractivity contribution in [1.82, 2.24) is 4.98 Å². The molecular weight excluding hydrogens is 295 g/mol. The van der Waals surface area contributed by atoms with E-state index in [1.54, 1.807) is 18.2 Å². The third kappa shape index (κ3) is 2.43. The van der Waals surface area contributed by atoms with E-state index in [1.807, 2.05) is 6.07 Å². The van der Waals surface area contributed by atoms with Crippen LogP contribution in [0.4, 0.5) is 10.1 Å². The SMILES string of the molecule is Nc1c(F)ccc(Sc2nc3ccccc3o2)c1C(=O)O. The highest BCUT2D eigenvalue weighted by Crippen LogP contribution is 2.35. The van der Waals surface area contributed by atoms with Gasteiger partial charge in [0.15, 0.2) is 5.58 Å². The molecule has 0 aliphatic heterocycles. The van der Waals surface area contributed by atoms with E-state index in [4.69, 9.17) is 10.2 Å². The highest BCUT2D eigenvalue weighted by Gasteiger charge is 2.20. The first-order chi connectivity index (χ1) is 10.1. The van der Waals surface area contributed by atoms with Gasteiger partial charge < -0.3 is 15.3 Å². The Morgan fingerprint density at radius 3 is 2.76 bits per heavy atom. The summed E-state index contributed by atoms with van der Waals surface area (Å²) in [6.45, 7) is 0. The van der Waals surface area contributed by atoms with Crippen molar-refractivity contribution < 1.29 is 18.7 Å². The van der Waals surface area contributed by atoms with Crippen molar-refractivity contribution >= 4 is 34.5 Å². The molecule has 0 aliphatic carbocycles. The summed E-state index contributed by atoms with van der Waals surface area (Å²) in [6, 6.07) is 9.61. The number of benzene rings is 2. The lowest BCUT2D eigenvalue weighted by Crippen LogP contribution is -2.06. The maximum atomic E-state index is 13.4. The molecule has 0 bridgehead atoms. The Kier molecular flexibility index (Phi) is 3.26. The van der Waals surface area contributed by atoms with E-state index in [1.165, 1.54) is 6.07 Å². The number of anilines is 1. The Hall–Kier alpha value is -2.54. The number of oxazole rings is 1. The first kappa shape index (κ1) is 13.4. The summed E-state index contributed by atoms with van der Waals surface area (Å²) in [5, 5.41) is 9.45. The van der Waals surface area contributed by atoms with E-state index >= 15 is 0 Å². The van der Waals surface area contributed by atoms with Crippen molar-refractivity contribution in [1.29, 1.82) is 0 Å². The first-order valence-corrected chi connectivity index (χ1v) is 6.72. The summed E-state index contributed by atoms with van der Waals surface area (Å²) in [5.41, 5.74) is 6.05. The van der Waals surface area contributed by atoms with E-state index in [-0.39, 0.29) is 15.7 Å². The predicted molar refractivity (Wildman–Crippen MR) is 75.9 cm³/mol. The number of rotatable bonds is 3. The van der Waals surface area contributed by atoms with Gasteiger partial charge in [-0.25, -0.2) is 14.2 Å². The molecule has 0 radical (unpaired) electrons. The van der Waals surface area contributed by atoms with Gasteiger partial charge >= 0.3 is 5.97 Å². The summed E-state index contributed by atoms with van der Waals surface area (Å²) in [7, 11) is 0. The zero-order chi connectivity index (χ0) is 15.0. The van der Waals surface area contributed by atoms with Gasteiger partial charge in [0.25, 0.3) is 5.22 Å². The van der Waals surface area contributed by atoms with Crippen molar-refractivity contribution in [3.63, 3.8) is 0 Å². The molecule has 0 aliphatic rings. The smallest absolute Gasteiger partial charge is 0.339 e. The number of nitrogen functional groups attached to an aromatic ring is 1. The molecule has 0 atom stereocenters. The number of carboxylic acid groups (broad SMARTS) is 1. The van der Waals surface area contributed by atoms with Gasteiger partial charge in [-0.15, -0.1) is 0 Å². The number of fused-ring (bicyclic) bond motifs is 1. The van der Waals surface area contributed by atoms with Crippen LogP contribution in [0.3, 0.4) is 0 Å². The summed E-state index contributed by atoms with van der Waals surface area (Å²) in [4.78, 5) is 15.7. The standard InChI is InChI=1S/C14H9FN2O3S/c15-7-5-6-10(11(12(7)16)13(18)19)21-14-17-8-3-1-2-4-9(8)20-14/h1-6H,16H2,(H,18,19). The van der Waals surface area contributed by atoms with Crippen molar-refractivity contribution in [2.24, 2.45) is 0 Å². The number of carboxylic acids is 1. The van der Waals surface area contributed by atoms with E-state index in [0.29, 0.717) is 11.1 Å². The zero-order valence-electron chi connectivity index (χ0n) is 10.5. The van der Waals surface area contributed by atoms with Crippen LogP contribution in [0.25, 0.3) is 11.1 Å². The second-order valence-corrected chi connectivity index (χ2v) is 5.18. The molecule has 0 amide bonds. The van der Waals surface area contributed by atoms with Gasteiger partial charge in [-0.1, -0.05) is 12.1 Å². The summed E-state index contributed by atoms with van der Waals surface area (Å²) < 4.78 is 18.9. The number of hydrogen-bond donors (Lipinski definition) is 2. The Labute approximate surface area is 122 Å². The quantitative estimate of drug-likeness (QED) is 0.721. The zero-order valence-corrected chi connectivity index (χ0v) is 11.4. The molecule has 21 heavy (non-hydrogen) atoms. The van der Waals surface area contributed by atoms with Crippen molar-refractivity contribution in [2.75, 3.05) is 5.73 Å². The number of nitrogens with zero attached hydrogens (tertiary/aromatic N) is 1. The molecular formula is C14H9FN2O3S. The van der Waals surface area contributed by atoms with Crippen LogP contribution in [0.1, 0.15) is 10.4 Å². The fraction of sp³-hybridized carbons (Fsp3) is 0. The number of para-hydroxylation sites is 2. The lowest BCUT2D eigenvalue weighted by molar-refractivity contribution is 0.0694. The van der Waals surface area contributed by atoms with Gasteiger partial charge in [-0.2, -0.15) is 0 Å². The van der Waals surface area contributed by atoms with Gasteiger partial charge in [0.05, 0.1) is 11.3 Å². The average molecular weight is 304 g/mol. The highest BCUT2D eigenvalue weighted by atomic mass is 32.2. The minimum absolute atomic E-state index is 0.268. The summed E-state index contributed by atoms with van der Waals surface area (Å²) >= 11 is 0.986. The van der Waals surface area contributed by atoms with Crippen LogP contribution in [0.15, 0.2) is 50.9 Å². The molecule has 0 unspecified atom stereocenters. The van der Waals surface area contributed by atoms with Gasteiger partial charge in [-0.05, 0) is 36.0 Å². The maximum absolute atomic E-state index is 13.4. The number of carbonyl (C=O) groups is 1. The third-order valence-corrected chi connectivity index (χ3v) is 3.75. The van der Waals surface area contributed by atoms with Crippen molar-refractivity contribution in [3.05, 3.63) is 47.8 Å². The molecule has 0 saturated carbocycles. The van der Waals surface area contributed by atoms with Crippen LogP contribution < -0.4 is 5.73 Å². The monoisotopic (exact) mass is 304 g/mol. The predicted octanol–water partition coefficient (Wildman–Crippen LogP) is 3.40. The Morgan fingerprint density at radius 1 is 1.29 bits per heavy atom. The first-order valence-electron chi connectivity index (χ1n) is 5.91. The molecule has 7 heteroatoms. The molecule has 3 N–H and O–H groups in total. The second kappa shape index (κ2) is 5.10. The normalized spacial score (nSPS) is 10.9. The molecule has 3 rings (SSSR count). The second-order valence-electron chi connectivity index (χ2n) is 4.19. The fourth-order valence-corrected chi connectivity index (χ4v) is 2.77. The largest absolute Gasteiger partial charge is 0.478 e. The van der Waals surface area contributed by atoms with E-state index in [0.717, 1.165) is 17.8 Å². The van der Waals surface area contributed by atoms with E-state index in [2.05, 4.69) is 4.98 Å². The molecule has 0 saturated heterocycles. The number of nitrogens with two attached hydrogens (primary N) is 1. The van der Waals surface area contributed by atoms with E-state index in [9.17, 15) is 14.3 Å². The number of halogens is 1. The lowest BCUT2D eigenvalue weighted by Gasteiger charge is -2.07. The lowest BCUT2D eigenvalue weighted by atomic mass is 10.2. The topological polar surface area (TPSA) is 89.4 Å². The number of aromatic carboxylic acids is 1. The number of hydrogen-bond acceptors (Lipinski definition) is 5. The molecule has 0 fully saturated rings. The molecule has 2 aromatic carbocycles. The Morgan fingerprint density at radius 2 is 2.05 bits per heavy atom. The average Bonchev–Trinajstić information content (AvgIpc) is 2.85. The van der Waals surface area contributed by atoms with Crippen LogP contribution in [0.5, 0.6) is 0 Å². The molecule has 1 aromatic heterocycles. The maximum Gasteiger partial charge on any atom is 0.339 e. The molecule has 5 nitrogen and oxygen atoms in total. The molecule has 0 spiro atoms. The minimum atomic E-state index is -1.30. The molecule has 106 valence electrons. The summed E-state index contributed by atoms with van der Waals surface area (Å²) in [5.74, 6) is -2.07.